The van der Waals surface area contributed by atoms with Crippen molar-refractivity contribution in [1.29, 1.82) is 0 Å². The molecule has 1 fully saturated rings. The number of hydrogen-bond acceptors (Lipinski definition) is 5. The molecule has 1 amide bonds. The van der Waals surface area contributed by atoms with Gasteiger partial charge in [0.2, 0.25) is 0 Å². The molecule has 134 valence electrons. The highest BCUT2D eigenvalue weighted by atomic mass is 16.3. The van der Waals surface area contributed by atoms with Crippen molar-refractivity contribution in [3.8, 4) is 5.75 Å². The summed E-state index contributed by atoms with van der Waals surface area (Å²) in [6.07, 6.45) is 5.00. The number of phenolic OH excluding ortho intramolecular Hbond substituents is 1. The van der Waals surface area contributed by atoms with Crippen LogP contribution in [-0.2, 0) is 6.54 Å². The van der Waals surface area contributed by atoms with E-state index < -0.39 is 0 Å². The lowest BCUT2D eigenvalue weighted by molar-refractivity contribution is 0.0901. The molecule has 1 aromatic carbocycles. The van der Waals surface area contributed by atoms with Gasteiger partial charge in [0.15, 0.2) is 5.65 Å². The first-order chi connectivity index (χ1) is 12.7. The maximum Gasteiger partial charge on any atom is 0.271 e. The maximum atomic E-state index is 12.5. The number of nitrogens with one attached hydrogen (secondary N) is 1. The van der Waals surface area contributed by atoms with Crippen LogP contribution in [0.1, 0.15) is 28.9 Å². The molecule has 1 saturated heterocycles. The second kappa shape index (κ2) is 7.13. The third-order valence-corrected chi connectivity index (χ3v) is 4.75. The molecule has 0 unspecified atom stereocenters. The average molecular weight is 351 g/mol. The van der Waals surface area contributed by atoms with Crippen LogP contribution in [0.25, 0.3) is 5.65 Å². The minimum atomic E-state index is -0.136. The molecule has 7 nitrogen and oxygen atoms in total. The van der Waals surface area contributed by atoms with Crippen molar-refractivity contribution in [3.63, 3.8) is 0 Å². The number of carbonyl (C=O) groups is 1. The SMILES string of the molecule is O=C(NC1CCN(Cc2cccc(O)c2)CC1)c1cnc2cccnn12. The van der Waals surface area contributed by atoms with E-state index in [1.165, 1.54) is 0 Å². The van der Waals surface area contributed by atoms with Crippen molar-refractivity contribution in [3.05, 3.63) is 60.0 Å². The van der Waals surface area contributed by atoms with Gasteiger partial charge in [0.1, 0.15) is 11.4 Å². The zero-order chi connectivity index (χ0) is 17.9. The number of carbonyl (C=O) groups excluding carboxylic acids is 1. The number of hydrogen-bond donors (Lipinski definition) is 2. The van der Waals surface area contributed by atoms with Crippen molar-refractivity contribution in [2.24, 2.45) is 0 Å². The van der Waals surface area contributed by atoms with Crippen LogP contribution >= 0.6 is 0 Å². The largest absolute Gasteiger partial charge is 0.508 e. The summed E-state index contributed by atoms with van der Waals surface area (Å²) in [5.41, 5.74) is 2.23. The average Bonchev–Trinajstić information content (AvgIpc) is 3.08. The van der Waals surface area contributed by atoms with E-state index in [1.807, 2.05) is 18.2 Å². The Kier molecular flexibility index (Phi) is 4.53. The van der Waals surface area contributed by atoms with Crippen LogP contribution in [-0.4, -0.2) is 49.6 Å². The van der Waals surface area contributed by atoms with Crippen LogP contribution in [0, 0.1) is 0 Å². The van der Waals surface area contributed by atoms with Crippen LogP contribution in [0.5, 0.6) is 5.75 Å². The van der Waals surface area contributed by atoms with Crippen molar-refractivity contribution in [2.45, 2.75) is 25.4 Å². The summed E-state index contributed by atoms with van der Waals surface area (Å²) in [6, 6.07) is 11.1. The first-order valence-electron chi connectivity index (χ1n) is 8.79. The third-order valence-electron chi connectivity index (χ3n) is 4.75. The Morgan fingerprint density at radius 2 is 2.08 bits per heavy atom. The highest BCUT2D eigenvalue weighted by molar-refractivity contribution is 5.93. The summed E-state index contributed by atoms with van der Waals surface area (Å²) >= 11 is 0. The summed E-state index contributed by atoms with van der Waals surface area (Å²) in [6.45, 7) is 2.63. The Morgan fingerprint density at radius 3 is 2.88 bits per heavy atom. The van der Waals surface area contributed by atoms with E-state index in [0.717, 1.165) is 38.0 Å². The van der Waals surface area contributed by atoms with Gasteiger partial charge in [-0.25, -0.2) is 9.50 Å². The monoisotopic (exact) mass is 351 g/mol. The van der Waals surface area contributed by atoms with Gasteiger partial charge in [-0.2, -0.15) is 5.10 Å². The number of aromatic hydroxyl groups is 1. The highest BCUT2D eigenvalue weighted by Crippen LogP contribution is 2.17. The molecular formula is C19H21N5O2. The molecule has 0 spiro atoms. The Morgan fingerprint density at radius 1 is 1.23 bits per heavy atom. The molecule has 4 rings (SSSR count). The molecule has 7 heteroatoms. The predicted molar refractivity (Wildman–Crippen MR) is 96.9 cm³/mol. The lowest BCUT2D eigenvalue weighted by atomic mass is 10.0. The summed E-state index contributed by atoms with van der Waals surface area (Å²) in [7, 11) is 0. The standard InChI is InChI=1S/C19H21N5O2/c25-16-4-1-3-14(11-16)13-23-9-6-15(7-10-23)22-19(26)17-12-20-18-5-2-8-21-24(17)18/h1-5,8,11-12,15,25H,6-7,9-10,13H2,(H,22,26). The molecule has 1 aliphatic rings. The minimum absolute atomic E-state index is 0.136. The lowest BCUT2D eigenvalue weighted by Gasteiger charge is -2.32. The zero-order valence-electron chi connectivity index (χ0n) is 14.4. The van der Waals surface area contributed by atoms with Crippen molar-refractivity contribution < 1.29 is 9.90 Å². The van der Waals surface area contributed by atoms with Gasteiger partial charge in [0, 0.05) is 31.9 Å². The molecule has 0 aliphatic carbocycles. The van der Waals surface area contributed by atoms with Crippen LogP contribution < -0.4 is 5.32 Å². The lowest BCUT2D eigenvalue weighted by Crippen LogP contribution is -2.44. The number of imidazole rings is 1. The number of aromatic nitrogens is 3. The Balaban J connectivity index is 1.33. The Bertz CT molecular complexity index is 915. The van der Waals surface area contributed by atoms with Crippen LogP contribution in [0.2, 0.25) is 0 Å². The minimum Gasteiger partial charge on any atom is -0.508 e. The van der Waals surface area contributed by atoms with Gasteiger partial charge < -0.3 is 10.4 Å². The summed E-state index contributed by atoms with van der Waals surface area (Å²) in [5.74, 6) is 0.161. The van der Waals surface area contributed by atoms with E-state index in [2.05, 4.69) is 20.3 Å². The second-order valence-corrected chi connectivity index (χ2v) is 6.63. The van der Waals surface area contributed by atoms with E-state index in [-0.39, 0.29) is 11.9 Å². The van der Waals surface area contributed by atoms with Gasteiger partial charge in [-0.15, -0.1) is 0 Å². The first-order valence-corrected chi connectivity index (χ1v) is 8.79. The molecule has 1 aliphatic heterocycles. The predicted octanol–water partition coefficient (Wildman–Crippen LogP) is 1.83. The summed E-state index contributed by atoms with van der Waals surface area (Å²) in [5, 5.41) is 16.9. The number of nitrogens with zero attached hydrogens (tertiary/aromatic N) is 4. The fourth-order valence-electron chi connectivity index (χ4n) is 3.39. The Labute approximate surface area is 151 Å². The normalized spacial score (nSPS) is 16.0. The number of rotatable bonds is 4. The zero-order valence-corrected chi connectivity index (χ0v) is 14.4. The highest BCUT2D eigenvalue weighted by Gasteiger charge is 2.22. The molecule has 3 aromatic rings. The van der Waals surface area contributed by atoms with E-state index >= 15 is 0 Å². The van der Waals surface area contributed by atoms with Crippen molar-refractivity contribution in [2.75, 3.05) is 13.1 Å². The Hall–Kier alpha value is -2.93. The molecular weight excluding hydrogens is 330 g/mol. The van der Waals surface area contributed by atoms with Crippen LogP contribution in [0.3, 0.4) is 0 Å². The molecule has 26 heavy (non-hydrogen) atoms. The third kappa shape index (κ3) is 3.52. The second-order valence-electron chi connectivity index (χ2n) is 6.63. The molecule has 0 bridgehead atoms. The number of likely N-dealkylation sites (tertiary alicyclic amines) is 1. The van der Waals surface area contributed by atoms with Crippen molar-refractivity contribution >= 4 is 11.6 Å². The van der Waals surface area contributed by atoms with Gasteiger partial charge in [0.25, 0.3) is 5.91 Å². The molecule has 0 radical (unpaired) electrons. The molecule has 2 N–H and O–H groups in total. The van der Waals surface area contributed by atoms with Crippen molar-refractivity contribution in [1.82, 2.24) is 24.8 Å². The summed E-state index contributed by atoms with van der Waals surface area (Å²) < 4.78 is 1.56. The maximum absolute atomic E-state index is 12.5. The number of fused-ring (bicyclic) bond motifs is 1. The number of piperidine rings is 1. The van der Waals surface area contributed by atoms with E-state index in [0.29, 0.717) is 17.1 Å². The fraction of sp³-hybridized carbons (Fsp3) is 0.316. The molecule has 3 heterocycles. The first kappa shape index (κ1) is 16.5. The smallest absolute Gasteiger partial charge is 0.271 e. The molecule has 0 saturated carbocycles. The van der Waals surface area contributed by atoms with E-state index in [9.17, 15) is 9.90 Å². The van der Waals surface area contributed by atoms with E-state index in [4.69, 9.17) is 0 Å². The molecule has 0 atom stereocenters. The van der Waals surface area contributed by atoms with Gasteiger partial charge in [-0.3, -0.25) is 9.69 Å². The van der Waals surface area contributed by atoms with Crippen LogP contribution in [0.4, 0.5) is 0 Å². The van der Waals surface area contributed by atoms with Gasteiger partial charge in [0.05, 0.1) is 6.20 Å². The number of phenols is 1. The van der Waals surface area contributed by atoms with Gasteiger partial charge >= 0.3 is 0 Å². The quantitative estimate of drug-likeness (QED) is 0.749. The van der Waals surface area contributed by atoms with Gasteiger partial charge in [-0.05, 0) is 42.7 Å². The topological polar surface area (TPSA) is 82.8 Å². The fourth-order valence-corrected chi connectivity index (χ4v) is 3.39. The van der Waals surface area contributed by atoms with E-state index in [1.54, 1.807) is 35.1 Å². The van der Waals surface area contributed by atoms with Gasteiger partial charge in [-0.1, -0.05) is 12.1 Å². The molecule has 2 aromatic heterocycles. The number of amides is 1. The summed E-state index contributed by atoms with van der Waals surface area (Å²) in [4.78, 5) is 19.1. The number of benzene rings is 1. The van der Waals surface area contributed by atoms with Crippen LogP contribution in [0.15, 0.2) is 48.8 Å².